The summed E-state index contributed by atoms with van der Waals surface area (Å²) >= 11 is 0. The van der Waals surface area contributed by atoms with Gasteiger partial charge in [0, 0.05) is 17.9 Å². The Kier molecular flexibility index (Phi) is 6.79. The lowest BCUT2D eigenvalue weighted by Crippen LogP contribution is -2.41. The molecular formula is C29H26N6O2. The van der Waals surface area contributed by atoms with Crippen LogP contribution in [0.15, 0.2) is 79.0 Å². The Morgan fingerprint density at radius 3 is 2.57 bits per heavy atom. The van der Waals surface area contributed by atoms with Crippen LogP contribution in [0.3, 0.4) is 0 Å². The first-order chi connectivity index (χ1) is 18.1. The van der Waals surface area contributed by atoms with Crippen LogP contribution < -0.4 is 16.0 Å². The molecule has 0 atom stereocenters. The maximum absolute atomic E-state index is 13.5. The van der Waals surface area contributed by atoms with E-state index in [0.717, 1.165) is 24.1 Å². The summed E-state index contributed by atoms with van der Waals surface area (Å²) < 4.78 is 1.57. The van der Waals surface area contributed by atoms with Gasteiger partial charge >= 0.3 is 0 Å². The molecule has 8 heteroatoms. The molecule has 1 aliphatic rings. The molecule has 2 heterocycles. The fourth-order valence-electron chi connectivity index (χ4n) is 4.57. The molecule has 3 aromatic carbocycles. The van der Waals surface area contributed by atoms with Gasteiger partial charge in [0.2, 0.25) is 0 Å². The van der Waals surface area contributed by atoms with Crippen molar-refractivity contribution in [2.75, 3.05) is 23.3 Å². The topological polar surface area (TPSA) is 117 Å². The van der Waals surface area contributed by atoms with Gasteiger partial charge in [-0.15, -0.1) is 0 Å². The van der Waals surface area contributed by atoms with Gasteiger partial charge in [0.25, 0.3) is 11.8 Å². The molecule has 5 rings (SSSR count). The Morgan fingerprint density at radius 2 is 1.78 bits per heavy atom. The Balaban J connectivity index is 1.32. The van der Waals surface area contributed by atoms with Crippen molar-refractivity contribution in [2.24, 2.45) is 5.73 Å². The van der Waals surface area contributed by atoms with Crippen LogP contribution in [0.5, 0.6) is 0 Å². The van der Waals surface area contributed by atoms with Crippen molar-refractivity contribution in [3.05, 3.63) is 113 Å². The van der Waals surface area contributed by atoms with E-state index < -0.39 is 5.91 Å². The number of fused-ring (bicyclic) bond motifs is 1. The number of carbonyl (C=O) groups excluding carboxylic acids is 2. The number of hydrogen-bond donors (Lipinski definition) is 2. The number of rotatable bonds is 7. The zero-order valence-electron chi connectivity index (χ0n) is 20.2. The molecule has 8 nitrogen and oxygen atoms in total. The van der Waals surface area contributed by atoms with E-state index in [4.69, 9.17) is 11.0 Å². The second kappa shape index (κ2) is 10.5. The normalized spacial score (nSPS) is 12.6. The van der Waals surface area contributed by atoms with Crippen molar-refractivity contribution in [2.45, 2.75) is 19.4 Å². The molecule has 4 aromatic rings. The van der Waals surface area contributed by atoms with Gasteiger partial charge in [-0.3, -0.25) is 14.3 Å². The van der Waals surface area contributed by atoms with Crippen LogP contribution in [0.1, 0.15) is 43.1 Å². The molecule has 0 saturated carbocycles. The second-order valence-electron chi connectivity index (χ2n) is 8.94. The SMILES string of the molecule is N#Cc1cccc(NC(=O)c2cnn3c2C(=O)N(c2ccc(Cc4cccc(CCN)c4)cc2)CC3)c1. The van der Waals surface area contributed by atoms with Crippen molar-refractivity contribution in [3.63, 3.8) is 0 Å². The second-order valence-corrected chi connectivity index (χ2v) is 8.94. The first-order valence-corrected chi connectivity index (χ1v) is 12.1. The molecule has 1 aliphatic heterocycles. The number of anilines is 2. The Labute approximate surface area is 214 Å². The van der Waals surface area contributed by atoms with Gasteiger partial charge in [-0.05, 0) is 66.4 Å². The smallest absolute Gasteiger partial charge is 0.277 e. The maximum Gasteiger partial charge on any atom is 0.277 e. The minimum atomic E-state index is -0.446. The van der Waals surface area contributed by atoms with Crippen molar-refractivity contribution in [3.8, 4) is 6.07 Å². The molecule has 0 fully saturated rings. The summed E-state index contributed by atoms with van der Waals surface area (Å²) in [4.78, 5) is 28.1. The average Bonchev–Trinajstić information content (AvgIpc) is 3.35. The van der Waals surface area contributed by atoms with Gasteiger partial charge in [0.05, 0.1) is 29.9 Å². The molecule has 3 N–H and O–H groups in total. The predicted molar refractivity (Wildman–Crippen MR) is 141 cm³/mol. The fraction of sp³-hybridized carbons (Fsp3) is 0.172. The number of nitrogens with zero attached hydrogens (tertiary/aromatic N) is 4. The Morgan fingerprint density at radius 1 is 1.00 bits per heavy atom. The average molecular weight is 491 g/mol. The molecule has 2 amide bonds. The summed E-state index contributed by atoms with van der Waals surface area (Å²) in [5.74, 6) is -0.722. The highest BCUT2D eigenvalue weighted by molar-refractivity contribution is 6.15. The van der Waals surface area contributed by atoms with Crippen molar-refractivity contribution >= 4 is 23.2 Å². The van der Waals surface area contributed by atoms with E-state index in [1.54, 1.807) is 33.8 Å². The van der Waals surface area contributed by atoms with E-state index in [1.165, 1.54) is 17.3 Å². The van der Waals surface area contributed by atoms with Crippen LogP contribution in [0.4, 0.5) is 11.4 Å². The Bertz CT molecular complexity index is 1500. The monoisotopic (exact) mass is 490 g/mol. The lowest BCUT2D eigenvalue weighted by Gasteiger charge is -2.28. The van der Waals surface area contributed by atoms with Crippen LogP contribution in [0, 0.1) is 11.3 Å². The van der Waals surface area contributed by atoms with Gasteiger partial charge in [-0.1, -0.05) is 42.5 Å². The zero-order valence-corrected chi connectivity index (χ0v) is 20.2. The number of nitriles is 1. The molecule has 0 unspecified atom stereocenters. The first kappa shape index (κ1) is 24.0. The number of benzene rings is 3. The van der Waals surface area contributed by atoms with Gasteiger partial charge < -0.3 is 16.0 Å². The molecule has 0 saturated heterocycles. The van der Waals surface area contributed by atoms with Crippen LogP contribution >= 0.6 is 0 Å². The molecule has 0 spiro atoms. The van der Waals surface area contributed by atoms with Gasteiger partial charge in [-0.25, -0.2) is 0 Å². The van der Waals surface area contributed by atoms with E-state index in [9.17, 15) is 9.59 Å². The third kappa shape index (κ3) is 5.13. The summed E-state index contributed by atoms with van der Waals surface area (Å²) in [6.45, 7) is 1.56. The molecule has 0 aliphatic carbocycles. The van der Waals surface area contributed by atoms with Crippen LogP contribution in [0.25, 0.3) is 0 Å². The number of nitrogens with one attached hydrogen (secondary N) is 1. The molecule has 1 aromatic heterocycles. The van der Waals surface area contributed by atoms with Crippen molar-refractivity contribution in [1.29, 1.82) is 5.26 Å². The summed E-state index contributed by atoms with van der Waals surface area (Å²) in [6.07, 6.45) is 3.06. The Hall–Kier alpha value is -4.74. The zero-order chi connectivity index (χ0) is 25.8. The van der Waals surface area contributed by atoms with Crippen molar-refractivity contribution in [1.82, 2.24) is 9.78 Å². The van der Waals surface area contributed by atoms with Crippen LogP contribution in [0.2, 0.25) is 0 Å². The fourth-order valence-corrected chi connectivity index (χ4v) is 4.57. The highest BCUT2D eigenvalue weighted by atomic mass is 16.2. The summed E-state index contributed by atoms with van der Waals surface area (Å²) in [6, 6.07) is 25.0. The van der Waals surface area contributed by atoms with Gasteiger partial charge in [0.1, 0.15) is 5.69 Å². The maximum atomic E-state index is 13.5. The standard InChI is InChI=1S/C29H26N6O2/c30-12-11-20-3-1-4-22(15-20)16-21-7-9-25(10-8-21)34-13-14-35-27(29(34)37)26(19-32-35)28(36)33-24-6-2-5-23(17-24)18-31/h1-10,15,17,19H,11-14,16,30H2,(H,33,36). The summed E-state index contributed by atoms with van der Waals surface area (Å²) in [7, 11) is 0. The van der Waals surface area contributed by atoms with E-state index in [-0.39, 0.29) is 17.2 Å². The molecule has 184 valence electrons. The van der Waals surface area contributed by atoms with E-state index in [0.29, 0.717) is 30.9 Å². The minimum absolute atomic E-state index is 0.200. The first-order valence-electron chi connectivity index (χ1n) is 12.1. The number of amides is 2. The van der Waals surface area contributed by atoms with E-state index >= 15 is 0 Å². The van der Waals surface area contributed by atoms with Gasteiger partial charge in [-0.2, -0.15) is 10.4 Å². The third-order valence-electron chi connectivity index (χ3n) is 6.40. The molecule has 0 radical (unpaired) electrons. The van der Waals surface area contributed by atoms with Crippen LogP contribution in [-0.4, -0.2) is 34.7 Å². The minimum Gasteiger partial charge on any atom is -0.330 e. The van der Waals surface area contributed by atoms with Crippen LogP contribution in [-0.2, 0) is 19.4 Å². The number of hydrogen-bond acceptors (Lipinski definition) is 5. The number of aromatic nitrogens is 2. The van der Waals surface area contributed by atoms with Gasteiger partial charge in [0.15, 0.2) is 0 Å². The lowest BCUT2D eigenvalue weighted by atomic mass is 10.0. The van der Waals surface area contributed by atoms with E-state index in [1.807, 2.05) is 30.3 Å². The molecular weight excluding hydrogens is 464 g/mol. The largest absolute Gasteiger partial charge is 0.330 e. The predicted octanol–water partition coefficient (Wildman–Crippen LogP) is 3.76. The third-order valence-corrected chi connectivity index (χ3v) is 6.40. The summed E-state index contributed by atoms with van der Waals surface area (Å²) in [5.41, 5.74) is 11.4. The van der Waals surface area contributed by atoms with Crippen molar-refractivity contribution < 1.29 is 9.59 Å². The number of carbonyl (C=O) groups is 2. The molecule has 0 bridgehead atoms. The quantitative estimate of drug-likeness (QED) is 0.409. The molecule has 37 heavy (non-hydrogen) atoms. The highest BCUT2D eigenvalue weighted by Crippen LogP contribution is 2.25. The lowest BCUT2D eigenvalue weighted by molar-refractivity contribution is 0.0947. The summed E-state index contributed by atoms with van der Waals surface area (Å²) in [5, 5.41) is 16.1. The van der Waals surface area contributed by atoms with E-state index in [2.05, 4.69) is 34.7 Å². The number of nitrogens with two attached hydrogens (primary N) is 1. The highest BCUT2D eigenvalue weighted by Gasteiger charge is 2.32.